The highest BCUT2D eigenvalue weighted by Crippen LogP contribution is 2.33. The summed E-state index contributed by atoms with van der Waals surface area (Å²) in [5, 5.41) is 13.3. The lowest BCUT2D eigenvalue weighted by atomic mass is 9.81. The van der Waals surface area contributed by atoms with Crippen molar-refractivity contribution in [3.8, 4) is 5.75 Å². The quantitative estimate of drug-likeness (QED) is 0.543. The Morgan fingerprint density at radius 1 is 0.967 bits per heavy atom. The Morgan fingerprint density at radius 2 is 1.67 bits per heavy atom. The van der Waals surface area contributed by atoms with Gasteiger partial charge in [0.1, 0.15) is 18.2 Å². The van der Waals surface area contributed by atoms with Gasteiger partial charge in [0.15, 0.2) is 0 Å². The van der Waals surface area contributed by atoms with Gasteiger partial charge in [-0.1, -0.05) is 54.6 Å². The van der Waals surface area contributed by atoms with Crippen LogP contribution in [0.15, 0.2) is 78.9 Å². The van der Waals surface area contributed by atoms with Crippen molar-refractivity contribution >= 4 is 5.91 Å². The van der Waals surface area contributed by atoms with E-state index >= 15 is 0 Å². The Hall–Kier alpha value is -3.18. The molecule has 1 heterocycles. The van der Waals surface area contributed by atoms with Crippen LogP contribution in [0.4, 0.5) is 4.39 Å². The van der Waals surface area contributed by atoms with Crippen LogP contribution in [0.2, 0.25) is 0 Å². The summed E-state index contributed by atoms with van der Waals surface area (Å²) in [5.41, 5.74) is 2.71. The lowest BCUT2D eigenvalue weighted by Gasteiger charge is -2.37. The lowest BCUT2D eigenvalue weighted by molar-refractivity contribution is -0.131. The Morgan fingerprint density at radius 3 is 2.33 bits per heavy atom. The Kier molecular flexibility index (Phi) is 6.10. The zero-order valence-corrected chi connectivity index (χ0v) is 16.5. The van der Waals surface area contributed by atoms with Gasteiger partial charge in [0.05, 0.1) is 12.0 Å². The third kappa shape index (κ3) is 4.69. The van der Waals surface area contributed by atoms with Gasteiger partial charge in [-0.2, -0.15) is 0 Å². The van der Waals surface area contributed by atoms with E-state index in [1.54, 1.807) is 12.1 Å². The molecule has 5 heteroatoms. The number of benzene rings is 3. The van der Waals surface area contributed by atoms with Crippen molar-refractivity contribution in [1.82, 2.24) is 5.32 Å². The third-order valence-electron chi connectivity index (χ3n) is 5.51. The molecule has 3 aromatic carbocycles. The summed E-state index contributed by atoms with van der Waals surface area (Å²) in [6.07, 6.45) is 0.449. The van der Waals surface area contributed by atoms with Gasteiger partial charge in [-0.15, -0.1) is 0 Å². The number of nitrogens with one attached hydrogen (secondary N) is 1. The standard InChI is InChI=1S/C25H24FNO3/c26-20-10-6-18(7-11-20)23(28)15-14-22-24(25(29)27-22)19-8-12-21(13-9-19)30-16-17-4-2-1-3-5-17/h1-13,22-24,28H,14-16H2,(H,27,29)/t22-,23?,24?/m0/s1. The molecular formula is C25H24FNO3. The molecule has 0 saturated carbocycles. The Balaban J connectivity index is 1.32. The molecule has 3 atom stereocenters. The summed E-state index contributed by atoms with van der Waals surface area (Å²) in [6, 6.07) is 23.4. The fourth-order valence-electron chi connectivity index (χ4n) is 3.77. The van der Waals surface area contributed by atoms with Crippen LogP contribution in [-0.2, 0) is 11.4 Å². The molecule has 0 aromatic heterocycles. The lowest BCUT2D eigenvalue weighted by Crippen LogP contribution is -2.56. The molecule has 154 valence electrons. The highest BCUT2D eigenvalue weighted by atomic mass is 19.1. The van der Waals surface area contributed by atoms with Crippen LogP contribution in [0.1, 0.15) is 41.6 Å². The normalized spacial score (nSPS) is 18.9. The molecule has 0 radical (unpaired) electrons. The van der Waals surface area contributed by atoms with Crippen molar-refractivity contribution in [3.05, 3.63) is 101 Å². The van der Waals surface area contributed by atoms with Crippen molar-refractivity contribution in [2.75, 3.05) is 0 Å². The van der Waals surface area contributed by atoms with Crippen molar-refractivity contribution < 1.29 is 19.0 Å². The zero-order chi connectivity index (χ0) is 20.9. The van der Waals surface area contributed by atoms with E-state index in [9.17, 15) is 14.3 Å². The molecule has 1 aliphatic rings. The minimum absolute atomic E-state index is 0.00535. The summed E-state index contributed by atoms with van der Waals surface area (Å²) < 4.78 is 18.8. The molecule has 4 rings (SSSR count). The molecule has 1 saturated heterocycles. The maximum atomic E-state index is 13.0. The van der Waals surface area contributed by atoms with E-state index in [-0.39, 0.29) is 23.7 Å². The van der Waals surface area contributed by atoms with E-state index in [0.717, 1.165) is 16.9 Å². The van der Waals surface area contributed by atoms with Gasteiger partial charge in [-0.3, -0.25) is 4.79 Å². The maximum absolute atomic E-state index is 13.0. The first-order valence-electron chi connectivity index (χ1n) is 10.1. The monoisotopic (exact) mass is 405 g/mol. The largest absolute Gasteiger partial charge is 0.489 e. The minimum atomic E-state index is -0.683. The van der Waals surface area contributed by atoms with Gasteiger partial charge in [-0.05, 0) is 53.8 Å². The molecule has 0 spiro atoms. The number of halogens is 1. The van der Waals surface area contributed by atoms with Crippen LogP contribution in [0.25, 0.3) is 0 Å². The first-order valence-corrected chi connectivity index (χ1v) is 10.1. The van der Waals surface area contributed by atoms with E-state index < -0.39 is 6.10 Å². The van der Waals surface area contributed by atoms with Crippen LogP contribution < -0.4 is 10.1 Å². The smallest absolute Gasteiger partial charge is 0.229 e. The molecule has 2 unspecified atom stereocenters. The number of β-lactam (4-membered cyclic amide) rings is 1. The molecule has 1 amide bonds. The number of aliphatic hydroxyl groups is 1. The molecule has 1 fully saturated rings. The number of ether oxygens (including phenoxy) is 1. The molecule has 3 aromatic rings. The summed E-state index contributed by atoms with van der Waals surface area (Å²) in [5.74, 6) is 0.196. The molecule has 1 aliphatic heterocycles. The highest BCUT2D eigenvalue weighted by molar-refractivity contribution is 5.91. The van der Waals surface area contributed by atoms with Crippen LogP contribution >= 0.6 is 0 Å². The average Bonchev–Trinajstić information content (AvgIpc) is 2.77. The van der Waals surface area contributed by atoms with Crippen LogP contribution in [0.5, 0.6) is 5.75 Å². The molecular weight excluding hydrogens is 381 g/mol. The van der Waals surface area contributed by atoms with E-state index in [1.807, 2.05) is 54.6 Å². The van der Waals surface area contributed by atoms with Crippen LogP contribution in [0, 0.1) is 5.82 Å². The van der Waals surface area contributed by atoms with Crippen molar-refractivity contribution in [2.24, 2.45) is 0 Å². The Labute approximate surface area is 175 Å². The van der Waals surface area contributed by atoms with Gasteiger partial charge < -0.3 is 15.2 Å². The van der Waals surface area contributed by atoms with Crippen molar-refractivity contribution in [3.63, 3.8) is 0 Å². The molecule has 30 heavy (non-hydrogen) atoms. The van der Waals surface area contributed by atoms with E-state index in [2.05, 4.69) is 5.32 Å². The molecule has 4 nitrogen and oxygen atoms in total. The predicted octanol–water partition coefficient (Wildman–Crippen LogP) is 4.50. The van der Waals surface area contributed by atoms with Crippen LogP contribution in [0.3, 0.4) is 0 Å². The fraction of sp³-hybridized carbons (Fsp3) is 0.240. The second kappa shape index (κ2) is 9.09. The second-order valence-corrected chi connectivity index (χ2v) is 7.58. The summed E-state index contributed by atoms with van der Waals surface area (Å²) in [6.45, 7) is 0.494. The predicted molar refractivity (Wildman–Crippen MR) is 112 cm³/mol. The van der Waals surface area contributed by atoms with Gasteiger partial charge in [0, 0.05) is 6.04 Å². The van der Waals surface area contributed by atoms with Crippen molar-refractivity contribution in [1.29, 1.82) is 0 Å². The SMILES string of the molecule is O=C1N[C@@H](CCC(O)c2ccc(F)cc2)C1c1ccc(OCc2ccccc2)cc1. The van der Waals surface area contributed by atoms with E-state index in [4.69, 9.17) is 4.74 Å². The maximum Gasteiger partial charge on any atom is 0.229 e. The molecule has 0 aliphatic carbocycles. The van der Waals surface area contributed by atoms with Gasteiger partial charge in [-0.25, -0.2) is 4.39 Å². The first kappa shape index (κ1) is 20.1. The Bertz CT molecular complexity index is 974. The number of amides is 1. The van der Waals surface area contributed by atoms with Crippen LogP contribution in [-0.4, -0.2) is 17.1 Å². The highest BCUT2D eigenvalue weighted by Gasteiger charge is 2.40. The summed E-state index contributed by atoms with van der Waals surface area (Å²) >= 11 is 0. The van der Waals surface area contributed by atoms with Gasteiger partial charge in [0.2, 0.25) is 5.91 Å². The number of carbonyl (C=O) groups is 1. The summed E-state index contributed by atoms with van der Waals surface area (Å²) in [7, 11) is 0. The number of hydrogen-bond donors (Lipinski definition) is 2. The van der Waals surface area contributed by atoms with E-state index in [0.29, 0.717) is 25.0 Å². The number of rotatable bonds is 8. The summed E-state index contributed by atoms with van der Waals surface area (Å²) in [4.78, 5) is 12.1. The number of carbonyl (C=O) groups excluding carboxylic acids is 1. The van der Waals surface area contributed by atoms with E-state index in [1.165, 1.54) is 12.1 Å². The molecule has 0 bridgehead atoms. The number of aliphatic hydroxyl groups excluding tert-OH is 1. The van der Waals surface area contributed by atoms with Crippen molar-refractivity contribution in [2.45, 2.75) is 37.5 Å². The fourth-order valence-corrected chi connectivity index (χ4v) is 3.77. The number of hydrogen-bond acceptors (Lipinski definition) is 3. The average molecular weight is 405 g/mol. The van der Waals surface area contributed by atoms with Gasteiger partial charge >= 0.3 is 0 Å². The second-order valence-electron chi connectivity index (χ2n) is 7.58. The zero-order valence-electron chi connectivity index (χ0n) is 16.5. The first-order chi connectivity index (χ1) is 14.6. The molecule has 2 N–H and O–H groups in total. The topological polar surface area (TPSA) is 58.6 Å². The van der Waals surface area contributed by atoms with Gasteiger partial charge in [0.25, 0.3) is 0 Å². The third-order valence-corrected chi connectivity index (χ3v) is 5.51. The minimum Gasteiger partial charge on any atom is -0.489 e.